The third kappa shape index (κ3) is 2.92. The first-order valence-electron chi connectivity index (χ1n) is 6.99. The van der Waals surface area contributed by atoms with Crippen LogP contribution in [0.1, 0.15) is 17.0 Å². The average Bonchev–Trinajstić information content (AvgIpc) is 3.03. The minimum Gasteiger partial charge on any atom is -0.301 e. The van der Waals surface area contributed by atoms with Crippen LogP contribution in [0.15, 0.2) is 34.2 Å². The number of aliphatic imine (C=N–C) groups is 1. The quantitative estimate of drug-likeness (QED) is 0.862. The minimum absolute atomic E-state index is 0.163. The Labute approximate surface area is 137 Å². The molecule has 0 saturated carbocycles. The van der Waals surface area contributed by atoms with Gasteiger partial charge < -0.3 is 5.32 Å². The predicted molar refractivity (Wildman–Crippen MR) is 90.1 cm³/mol. The maximum atomic E-state index is 13.1. The Morgan fingerprint density at radius 2 is 2.00 bits per heavy atom. The third-order valence-corrected chi connectivity index (χ3v) is 4.55. The molecule has 2 aromatic rings. The fourth-order valence-corrected chi connectivity index (χ4v) is 3.12. The number of aromatic nitrogens is 2. The molecule has 118 valence electrons. The highest BCUT2D eigenvalue weighted by molar-refractivity contribution is 8.18. The van der Waals surface area contributed by atoms with Crippen molar-refractivity contribution in [3.8, 4) is 5.69 Å². The molecule has 0 atom stereocenters. The van der Waals surface area contributed by atoms with E-state index in [-0.39, 0.29) is 11.7 Å². The number of benzene rings is 1. The Bertz CT molecular complexity index is 837. The molecule has 1 aliphatic heterocycles. The first kappa shape index (κ1) is 15.5. The molecule has 0 unspecified atom stereocenters. The summed E-state index contributed by atoms with van der Waals surface area (Å²) in [5.74, 6) is -0.452. The van der Waals surface area contributed by atoms with Crippen molar-refractivity contribution in [1.82, 2.24) is 15.1 Å². The zero-order valence-corrected chi connectivity index (χ0v) is 13.7. The molecule has 0 spiro atoms. The van der Waals surface area contributed by atoms with Gasteiger partial charge in [-0.05, 0) is 56.0 Å². The van der Waals surface area contributed by atoms with Crippen LogP contribution >= 0.6 is 11.8 Å². The van der Waals surface area contributed by atoms with Crippen LogP contribution in [0.2, 0.25) is 0 Å². The van der Waals surface area contributed by atoms with E-state index >= 15 is 0 Å². The number of nitrogens with zero attached hydrogens (tertiary/aromatic N) is 3. The number of rotatable bonds is 2. The van der Waals surface area contributed by atoms with Crippen molar-refractivity contribution in [2.75, 3.05) is 7.05 Å². The molecule has 1 fully saturated rings. The molecular formula is C16H15FN4OS. The molecule has 0 aliphatic carbocycles. The number of hydrogen-bond donors (Lipinski definition) is 1. The van der Waals surface area contributed by atoms with Gasteiger partial charge in [-0.3, -0.25) is 9.79 Å². The van der Waals surface area contributed by atoms with Crippen LogP contribution < -0.4 is 5.32 Å². The summed E-state index contributed by atoms with van der Waals surface area (Å²) in [4.78, 5) is 16.5. The van der Waals surface area contributed by atoms with Crippen molar-refractivity contribution < 1.29 is 9.18 Å². The Hall–Kier alpha value is -2.41. The van der Waals surface area contributed by atoms with Crippen molar-refractivity contribution in [3.05, 3.63) is 51.9 Å². The van der Waals surface area contributed by atoms with E-state index in [1.54, 1.807) is 23.9 Å². The van der Waals surface area contributed by atoms with Crippen LogP contribution in [0.3, 0.4) is 0 Å². The molecule has 23 heavy (non-hydrogen) atoms. The molecule has 5 nitrogen and oxygen atoms in total. The Kier molecular flexibility index (Phi) is 4.04. The van der Waals surface area contributed by atoms with E-state index in [4.69, 9.17) is 0 Å². The zero-order chi connectivity index (χ0) is 16.6. The van der Waals surface area contributed by atoms with Crippen LogP contribution in [0, 0.1) is 19.7 Å². The fourth-order valence-electron chi connectivity index (χ4n) is 2.36. The SMILES string of the molecule is CN=C1NC(=O)/C(=C/c2c(C)nn(-c3ccc(F)cc3)c2C)S1. The molecule has 0 radical (unpaired) electrons. The molecule has 1 amide bonds. The number of aryl methyl sites for hydroxylation is 1. The molecule has 7 heteroatoms. The van der Waals surface area contributed by atoms with Crippen molar-refractivity contribution in [2.24, 2.45) is 4.99 Å². The number of amides is 1. The van der Waals surface area contributed by atoms with Crippen LogP contribution in [0.5, 0.6) is 0 Å². The van der Waals surface area contributed by atoms with Gasteiger partial charge >= 0.3 is 0 Å². The number of carbonyl (C=O) groups is 1. The van der Waals surface area contributed by atoms with Crippen LogP contribution in [0.4, 0.5) is 4.39 Å². The Morgan fingerprint density at radius 1 is 1.30 bits per heavy atom. The summed E-state index contributed by atoms with van der Waals surface area (Å²) in [6.07, 6.45) is 1.82. The normalized spacial score (nSPS) is 18.0. The van der Waals surface area contributed by atoms with Gasteiger partial charge in [-0.1, -0.05) is 0 Å². The van der Waals surface area contributed by atoms with Gasteiger partial charge in [0.25, 0.3) is 5.91 Å². The fraction of sp³-hybridized carbons (Fsp3) is 0.188. The maximum absolute atomic E-state index is 13.1. The number of halogens is 1. The second-order valence-corrected chi connectivity index (χ2v) is 6.10. The van der Waals surface area contributed by atoms with Crippen LogP contribution in [-0.2, 0) is 4.79 Å². The predicted octanol–water partition coefficient (Wildman–Crippen LogP) is 2.82. The summed E-state index contributed by atoms with van der Waals surface area (Å²) in [5, 5.41) is 7.77. The topological polar surface area (TPSA) is 59.3 Å². The second-order valence-electron chi connectivity index (χ2n) is 5.07. The lowest BCUT2D eigenvalue weighted by Gasteiger charge is -2.04. The first-order chi connectivity index (χ1) is 11.0. The van der Waals surface area contributed by atoms with E-state index in [0.717, 1.165) is 22.6 Å². The number of thioether (sulfide) groups is 1. The van der Waals surface area contributed by atoms with Crippen molar-refractivity contribution >= 4 is 28.9 Å². The first-order valence-corrected chi connectivity index (χ1v) is 7.81. The van der Waals surface area contributed by atoms with E-state index in [9.17, 15) is 9.18 Å². The molecule has 1 aromatic carbocycles. The van der Waals surface area contributed by atoms with E-state index in [1.165, 1.54) is 23.9 Å². The van der Waals surface area contributed by atoms with Crippen LogP contribution in [-0.4, -0.2) is 27.9 Å². The van der Waals surface area contributed by atoms with Gasteiger partial charge in [0, 0.05) is 18.3 Å². The average molecular weight is 330 g/mol. The minimum atomic E-state index is -0.289. The number of hydrogen-bond acceptors (Lipinski definition) is 4. The third-order valence-electron chi connectivity index (χ3n) is 3.55. The second kappa shape index (κ2) is 6.00. The van der Waals surface area contributed by atoms with Crippen LogP contribution in [0.25, 0.3) is 11.8 Å². The van der Waals surface area contributed by atoms with E-state index in [1.807, 2.05) is 19.9 Å². The molecule has 1 aromatic heterocycles. The van der Waals surface area contributed by atoms with E-state index in [0.29, 0.717) is 10.1 Å². The summed E-state index contributed by atoms with van der Waals surface area (Å²) in [5.41, 5.74) is 3.34. The zero-order valence-electron chi connectivity index (χ0n) is 12.9. The van der Waals surface area contributed by atoms with Gasteiger partial charge in [-0.25, -0.2) is 9.07 Å². The number of nitrogens with one attached hydrogen (secondary N) is 1. The highest BCUT2D eigenvalue weighted by Gasteiger charge is 2.24. The largest absolute Gasteiger partial charge is 0.301 e. The van der Waals surface area contributed by atoms with E-state index < -0.39 is 0 Å². The van der Waals surface area contributed by atoms with Gasteiger partial charge in [0.05, 0.1) is 16.3 Å². The summed E-state index contributed by atoms with van der Waals surface area (Å²) in [6, 6.07) is 6.14. The van der Waals surface area contributed by atoms with Gasteiger partial charge in [-0.2, -0.15) is 5.10 Å². The number of carbonyl (C=O) groups excluding carboxylic acids is 1. The summed E-state index contributed by atoms with van der Waals surface area (Å²) in [6.45, 7) is 3.80. The highest BCUT2D eigenvalue weighted by atomic mass is 32.2. The van der Waals surface area contributed by atoms with Crippen molar-refractivity contribution in [3.63, 3.8) is 0 Å². The Balaban J connectivity index is 2.02. The van der Waals surface area contributed by atoms with Gasteiger partial charge in [0.15, 0.2) is 5.17 Å². The standard InChI is InChI=1S/C16H15FN4OS/c1-9-13(8-14-15(22)19-16(18-3)23-14)10(2)21(20-9)12-6-4-11(17)5-7-12/h4-8H,1-3H3,(H,18,19,22)/b14-8-. The van der Waals surface area contributed by atoms with Crippen molar-refractivity contribution in [2.45, 2.75) is 13.8 Å². The molecule has 1 N–H and O–H groups in total. The molecule has 1 aliphatic rings. The monoisotopic (exact) mass is 330 g/mol. The molecule has 2 heterocycles. The lowest BCUT2D eigenvalue weighted by Crippen LogP contribution is -2.19. The van der Waals surface area contributed by atoms with E-state index in [2.05, 4.69) is 15.4 Å². The molecular weight excluding hydrogens is 315 g/mol. The Morgan fingerprint density at radius 3 is 2.61 bits per heavy atom. The molecule has 0 bridgehead atoms. The van der Waals surface area contributed by atoms with Gasteiger partial charge in [0.2, 0.25) is 0 Å². The molecule has 1 saturated heterocycles. The summed E-state index contributed by atoms with van der Waals surface area (Å²) < 4.78 is 14.8. The van der Waals surface area contributed by atoms with Gasteiger partial charge in [-0.15, -0.1) is 0 Å². The molecule has 3 rings (SSSR count). The highest BCUT2D eigenvalue weighted by Crippen LogP contribution is 2.28. The number of amidine groups is 1. The summed E-state index contributed by atoms with van der Waals surface area (Å²) in [7, 11) is 1.63. The summed E-state index contributed by atoms with van der Waals surface area (Å²) >= 11 is 1.30. The lowest BCUT2D eigenvalue weighted by molar-refractivity contribution is -0.115. The lowest BCUT2D eigenvalue weighted by atomic mass is 10.2. The maximum Gasteiger partial charge on any atom is 0.264 e. The van der Waals surface area contributed by atoms with Gasteiger partial charge in [0.1, 0.15) is 5.82 Å². The smallest absolute Gasteiger partial charge is 0.264 e. The van der Waals surface area contributed by atoms with Crippen molar-refractivity contribution in [1.29, 1.82) is 0 Å².